The van der Waals surface area contributed by atoms with E-state index in [1.165, 1.54) is 0 Å². The number of rotatable bonds is 9. The van der Waals surface area contributed by atoms with Crippen LogP contribution in [0.25, 0.3) is 0 Å². The first-order chi connectivity index (χ1) is 14.9. The molecule has 0 saturated carbocycles. The molecule has 1 N–H and O–H groups in total. The Kier molecular flexibility index (Phi) is 7.75. The summed E-state index contributed by atoms with van der Waals surface area (Å²) in [7, 11) is 0. The van der Waals surface area contributed by atoms with Gasteiger partial charge in [-0.2, -0.15) is 13.2 Å². The minimum atomic E-state index is -4.33. The van der Waals surface area contributed by atoms with Crippen LogP contribution < -0.4 is 4.74 Å². The number of unbranched alkanes of at least 4 members (excludes halogenated alkanes) is 1. The second-order valence-corrected chi connectivity index (χ2v) is 7.73. The molecule has 0 spiro atoms. The Morgan fingerprint density at radius 2 is 1.39 bits per heavy atom. The van der Waals surface area contributed by atoms with Gasteiger partial charge in [0.1, 0.15) is 5.75 Å². The average molecular weight is 428 g/mol. The molecule has 0 aliphatic rings. The highest BCUT2D eigenvalue weighted by Gasteiger charge is 2.30. The Labute approximate surface area is 181 Å². The van der Waals surface area contributed by atoms with Gasteiger partial charge in [0, 0.05) is 5.92 Å². The van der Waals surface area contributed by atoms with Crippen molar-refractivity contribution in [3.8, 4) is 5.75 Å². The van der Waals surface area contributed by atoms with Crippen LogP contribution in [0.1, 0.15) is 53.0 Å². The summed E-state index contributed by atoms with van der Waals surface area (Å²) in [6, 6.07) is 21.0. The van der Waals surface area contributed by atoms with Gasteiger partial charge in [-0.3, -0.25) is 0 Å². The highest BCUT2D eigenvalue weighted by Crippen LogP contribution is 2.34. The molecule has 1 atom stereocenters. The van der Waals surface area contributed by atoms with Crippen LogP contribution in [0.4, 0.5) is 13.2 Å². The lowest BCUT2D eigenvalue weighted by molar-refractivity contribution is -0.137. The molecule has 164 valence electrons. The highest BCUT2D eigenvalue weighted by atomic mass is 19.4. The van der Waals surface area contributed by atoms with E-state index in [0.717, 1.165) is 59.4 Å². The van der Waals surface area contributed by atoms with Crippen molar-refractivity contribution in [1.29, 1.82) is 0 Å². The quantitative estimate of drug-likeness (QED) is 0.376. The fourth-order valence-corrected chi connectivity index (χ4v) is 3.56. The van der Waals surface area contributed by atoms with Crippen molar-refractivity contribution < 1.29 is 23.0 Å². The van der Waals surface area contributed by atoms with Gasteiger partial charge >= 0.3 is 6.18 Å². The molecule has 0 amide bonds. The number of hydrogen-bond acceptors (Lipinski definition) is 2. The molecule has 0 saturated heterocycles. The molecule has 0 aliphatic heterocycles. The summed E-state index contributed by atoms with van der Waals surface area (Å²) in [5.41, 5.74) is 3.35. The van der Waals surface area contributed by atoms with Crippen LogP contribution in [0.15, 0.2) is 72.8 Å². The van der Waals surface area contributed by atoms with Gasteiger partial charge in [0.25, 0.3) is 0 Å². The summed E-state index contributed by atoms with van der Waals surface area (Å²) in [5, 5.41) is 9.09. The maximum Gasteiger partial charge on any atom is 0.416 e. The van der Waals surface area contributed by atoms with Crippen molar-refractivity contribution in [1.82, 2.24) is 0 Å². The molecule has 1 unspecified atom stereocenters. The first kappa shape index (κ1) is 22.9. The van der Waals surface area contributed by atoms with E-state index < -0.39 is 11.7 Å². The molecule has 0 aliphatic carbocycles. The van der Waals surface area contributed by atoms with E-state index in [1.807, 2.05) is 43.3 Å². The molecular weight excluding hydrogens is 401 g/mol. The summed E-state index contributed by atoms with van der Waals surface area (Å²) in [4.78, 5) is 0. The van der Waals surface area contributed by atoms with Crippen LogP contribution in [-0.4, -0.2) is 11.7 Å². The molecule has 5 heteroatoms. The second-order valence-electron chi connectivity index (χ2n) is 7.73. The van der Waals surface area contributed by atoms with Crippen molar-refractivity contribution in [3.05, 3.63) is 101 Å². The van der Waals surface area contributed by atoms with Crippen LogP contribution in [0, 0.1) is 6.92 Å². The molecule has 0 radical (unpaired) electrons. The van der Waals surface area contributed by atoms with E-state index in [2.05, 4.69) is 12.1 Å². The largest absolute Gasteiger partial charge is 0.494 e. The van der Waals surface area contributed by atoms with E-state index in [0.29, 0.717) is 6.61 Å². The van der Waals surface area contributed by atoms with E-state index >= 15 is 0 Å². The van der Waals surface area contributed by atoms with Gasteiger partial charge in [-0.05, 0) is 67.1 Å². The maximum atomic E-state index is 12.9. The van der Waals surface area contributed by atoms with Crippen molar-refractivity contribution >= 4 is 0 Å². The molecular formula is C26H27F3O2. The first-order valence-electron chi connectivity index (χ1n) is 10.4. The zero-order chi connectivity index (χ0) is 22.3. The highest BCUT2D eigenvalue weighted by molar-refractivity contribution is 5.36. The molecule has 3 rings (SSSR count). The Morgan fingerprint density at radius 1 is 0.806 bits per heavy atom. The topological polar surface area (TPSA) is 29.5 Å². The number of benzene rings is 3. The molecule has 0 aromatic heterocycles. The lowest BCUT2D eigenvalue weighted by Gasteiger charge is -2.19. The Bertz CT molecular complexity index is 930. The third-order valence-electron chi connectivity index (χ3n) is 5.38. The Hall–Kier alpha value is -2.79. The third-order valence-corrected chi connectivity index (χ3v) is 5.38. The van der Waals surface area contributed by atoms with Crippen LogP contribution in [0.2, 0.25) is 0 Å². The van der Waals surface area contributed by atoms with Crippen LogP contribution >= 0.6 is 0 Å². The number of ether oxygens (including phenoxy) is 1. The van der Waals surface area contributed by atoms with E-state index in [4.69, 9.17) is 9.84 Å². The Balaban J connectivity index is 1.62. The van der Waals surface area contributed by atoms with Crippen molar-refractivity contribution in [2.45, 2.75) is 44.9 Å². The van der Waals surface area contributed by atoms with Gasteiger partial charge in [0.05, 0.1) is 18.8 Å². The normalized spacial score (nSPS) is 12.5. The summed E-state index contributed by atoms with van der Waals surface area (Å²) in [6.07, 6.45) is -1.79. The summed E-state index contributed by atoms with van der Waals surface area (Å²) in [5.74, 6) is 0.793. The number of aliphatic hydroxyl groups excluding tert-OH is 1. The van der Waals surface area contributed by atoms with Gasteiger partial charge in [-0.1, -0.05) is 54.1 Å². The summed E-state index contributed by atoms with van der Waals surface area (Å²) < 4.78 is 44.6. The molecule has 3 aromatic carbocycles. The molecule has 0 bridgehead atoms. The van der Waals surface area contributed by atoms with E-state index in [1.54, 1.807) is 12.1 Å². The number of aryl methyl sites for hydroxylation is 1. The minimum Gasteiger partial charge on any atom is -0.494 e. The summed E-state index contributed by atoms with van der Waals surface area (Å²) >= 11 is 0. The van der Waals surface area contributed by atoms with E-state index in [-0.39, 0.29) is 12.5 Å². The van der Waals surface area contributed by atoms with Crippen LogP contribution in [-0.2, 0) is 12.8 Å². The number of hydrogen-bond donors (Lipinski definition) is 1. The zero-order valence-electron chi connectivity index (χ0n) is 17.5. The van der Waals surface area contributed by atoms with E-state index in [9.17, 15) is 13.2 Å². The third kappa shape index (κ3) is 6.59. The molecule has 2 nitrogen and oxygen atoms in total. The predicted molar refractivity (Wildman–Crippen MR) is 116 cm³/mol. The minimum absolute atomic E-state index is 0.00459. The molecule has 3 aromatic rings. The number of aliphatic hydroxyl groups is 1. The standard InChI is InChI=1S/C26H27F3O2/c1-19-5-9-21(10-6-19)25(22-11-13-23(14-12-22)26(27,28)29)4-2-3-17-31-24-15-7-20(18-30)8-16-24/h5-16,25,30H,2-4,17-18H2,1H3. The fourth-order valence-electron chi connectivity index (χ4n) is 3.56. The monoisotopic (exact) mass is 428 g/mol. The molecule has 0 fully saturated rings. The molecule has 0 heterocycles. The average Bonchev–Trinajstić information content (AvgIpc) is 2.77. The van der Waals surface area contributed by atoms with Gasteiger partial charge in [-0.25, -0.2) is 0 Å². The Morgan fingerprint density at radius 3 is 1.94 bits per heavy atom. The zero-order valence-corrected chi connectivity index (χ0v) is 17.5. The van der Waals surface area contributed by atoms with Gasteiger partial charge in [-0.15, -0.1) is 0 Å². The van der Waals surface area contributed by atoms with Gasteiger partial charge in [0.2, 0.25) is 0 Å². The van der Waals surface area contributed by atoms with Crippen molar-refractivity contribution in [3.63, 3.8) is 0 Å². The predicted octanol–water partition coefficient (Wildman–Crippen LogP) is 6.89. The first-order valence-corrected chi connectivity index (χ1v) is 10.4. The van der Waals surface area contributed by atoms with Crippen molar-refractivity contribution in [2.24, 2.45) is 0 Å². The lowest BCUT2D eigenvalue weighted by Crippen LogP contribution is -2.07. The van der Waals surface area contributed by atoms with Crippen LogP contribution in [0.3, 0.4) is 0 Å². The van der Waals surface area contributed by atoms with Gasteiger partial charge < -0.3 is 9.84 Å². The fraction of sp³-hybridized carbons (Fsp3) is 0.308. The SMILES string of the molecule is Cc1ccc(C(CCCCOc2ccc(CO)cc2)c2ccc(C(F)(F)F)cc2)cc1. The maximum absolute atomic E-state index is 12.9. The smallest absolute Gasteiger partial charge is 0.416 e. The van der Waals surface area contributed by atoms with Crippen molar-refractivity contribution in [2.75, 3.05) is 6.61 Å². The second kappa shape index (κ2) is 10.5. The van der Waals surface area contributed by atoms with Crippen LogP contribution in [0.5, 0.6) is 5.75 Å². The summed E-state index contributed by atoms with van der Waals surface area (Å²) in [6.45, 7) is 2.58. The number of alkyl halides is 3. The molecule has 31 heavy (non-hydrogen) atoms. The van der Waals surface area contributed by atoms with Gasteiger partial charge in [0.15, 0.2) is 0 Å². The lowest BCUT2D eigenvalue weighted by atomic mass is 9.86. The number of halogens is 3.